The highest BCUT2D eigenvalue weighted by Crippen LogP contribution is 2.33. The second-order valence-electron chi connectivity index (χ2n) is 4.58. The minimum Gasteiger partial charge on any atom is -0.393 e. The van der Waals surface area contributed by atoms with Crippen LogP contribution in [0, 0.1) is 0 Å². The Labute approximate surface area is 146 Å². The lowest BCUT2D eigenvalue weighted by atomic mass is 10.3. The summed E-state index contributed by atoms with van der Waals surface area (Å²) < 4.78 is 47.5. The quantitative estimate of drug-likeness (QED) is 0.428. The molecule has 0 atom stereocenters. The van der Waals surface area contributed by atoms with E-state index in [1.54, 1.807) is 23.0 Å². The minimum absolute atomic E-state index is 0.0208. The summed E-state index contributed by atoms with van der Waals surface area (Å²) in [6.07, 6.45) is -1.44. The van der Waals surface area contributed by atoms with Crippen molar-refractivity contribution in [2.24, 2.45) is 0 Å². The molecule has 2 heterocycles. The first-order chi connectivity index (χ1) is 11.2. The molecule has 2 aromatic heterocycles. The van der Waals surface area contributed by atoms with Crippen molar-refractivity contribution in [1.29, 1.82) is 0 Å². The lowest BCUT2D eigenvalue weighted by Gasteiger charge is -2.01. The molecule has 11 heteroatoms. The number of esters is 2. The molecule has 0 radical (unpaired) electrons. The second-order valence-corrected chi connectivity index (χ2v) is 6.19. The standard InChI is InChI=1S/C13H10BrF3N3O3S/c1-7(21)23-10(22)3-5-20-4-2-8(9(14)6-20)11-18-12(19-24-11)13(15,16)17/h2,4,6H,3,5H2,1H3/q+1. The molecule has 0 aliphatic heterocycles. The molecule has 0 aromatic carbocycles. The van der Waals surface area contributed by atoms with Crippen LogP contribution in [0.25, 0.3) is 10.6 Å². The summed E-state index contributed by atoms with van der Waals surface area (Å²) in [5.74, 6) is -2.52. The van der Waals surface area contributed by atoms with Crippen molar-refractivity contribution in [2.45, 2.75) is 26.1 Å². The summed E-state index contributed by atoms with van der Waals surface area (Å²) in [6.45, 7) is 1.38. The smallest absolute Gasteiger partial charge is 0.393 e. The molecule has 0 fully saturated rings. The van der Waals surface area contributed by atoms with Crippen LogP contribution in [0.15, 0.2) is 22.9 Å². The molecule has 0 N–H and O–H groups in total. The Morgan fingerprint density at radius 3 is 2.67 bits per heavy atom. The highest BCUT2D eigenvalue weighted by molar-refractivity contribution is 9.10. The topological polar surface area (TPSA) is 73.0 Å². The van der Waals surface area contributed by atoms with Crippen LogP contribution >= 0.6 is 27.5 Å². The summed E-state index contributed by atoms with van der Waals surface area (Å²) in [4.78, 5) is 25.4. The van der Waals surface area contributed by atoms with Crippen LogP contribution < -0.4 is 4.57 Å². The van der Waals surface area contributed by atoms with Gasteiger partial charge in [0.1, 0.15) is 11.4 Å². The van der Waals surface area contributed by atoms with E-state index in [9.17, 15) is 22.8 Å². The van der Waals surface area contributed by atoms with Gasteiger partial charge in [-0.25, -0.2) is 9.55 Å². The van der Waals surface area contributed by atoms with Crippen LogP contribution in [0.1, 0.15) is 19.2 Å². The van der Waals surface area contributed by atoms with Gasteiger partial charge in [0.05, 0.1) is 4.47 Å². The van der Waals surface area contributed by atoms with Gasteiger partial charge in [0.25, 0.3) is 0 Å². The molecule has 0 aliphatic carbocycles. The summed E-state index contributed by atoms with van der Waals surface area (Å²) in [5, 5.41) is 0.123. The Balaban J connectivity index is 2.11. The number of aromatic nitrogens is 3. The average molecular weight is 425 g/mol. The Morgan fingerprint density at radius 1 is 1.42 bits per heavy atom. The molecule has 2 aromatic rings. The molecule has 2 rings (SSSR count). The van der Waals surface area contributed by atoms with E-state index < -0.39 is 23.9 Å². The number of nitrogens with zero attached hydrogens (tertiary/aromatic N) is 3. The minimum atomic E-state index is -4.59. The zero-order valence-electron chi connectivity index (χ0n) is 12.1. The fourth-order valence-electron chi connectivity index (χ4n) is 1.70. The summed E-state index contributed by atoms with van der Waals surface area (Å²) in [5.41, 5.74) is 0.450. The fraction of sp³-hybridized carbons (Fsp3) is 0.308. The van der Waals surface area contributed by atoms with Gasteiger partial charge in [-0.05, 0) is 27.5 Å². The Morgan fingerprint density at radius 2 is 2.12 bits per heavy atom. The van der Waals surface area contributed by atoms with Crippen LogP contribution in [0.2, 0.25) is 0 Å². The maximum Gasteiger partial charge on any atom is 0.452 e. The van der Waals surface area contributed by atoms with Gasteiger partial charge in [-0.15, -0.1) is 0 Å². The molecular formula is C13H10BrF3N3O3S+. The number of alkyl halides is 3. The van der Waals surface area contributed by atoms with Crippen molar-refractivity contribution < 1.29 is 32.1 Å². The number of halogens is 4. The predicted molar refractivity (Wildman–Crippen MR) is 79.6 cm³/mol. The van der Waals surface area contributed by atoms with Crippen molar-refractivity contribution in [3.8, 4) is 10.6 Å². The van der Waals surface area contributed by atoms with E-state index in [4.69, 9.17) is 0 Å². The van der Waals surface area contributed by atoms with E-state index in [1.165, 1.54) is 0 Å². The third-order valence-corrected chi connectivity index (χ3v) is 4.09. The van der Waals surface area contributed by atoms with E-state index in [0.29, 0.717) is 21.6 Å². The van der Waals surface area contributed by atoms with Crippen molar-refractivity contribution in [2.75, 3.05) is 0 Å². The lowest BCUT2D eigenvalue weighted by Crippen LogP contribution is -2.34. The zero-order valence-corrected chi connectivity index (χ0v) is 14.5. The molecule has 24 heavy (non-hydrogen) atoms. The van der Waals surface area contributed by atoms with E-state index in [-0.39, 0.29) is 18.0 Å². The normalized spacial score (nSPS) is 11.4. The van der Waals surface area contributed by atoms with Gasteiger partial charge in [0.15, 0.2) is 18.9 Å². The first-order valence-electron chi connectivity index (χ1n) is 6.48. The van der Waals surface area contributed by atoms with Crippen molar-refractivity contribution in [3.63, 3.8) is 0 Å². The number of ether oxygens (including phenoxy) is 1. The van der Waals surface area contributed by atoms with Crippen LogP contribution in [0.5, 0.6) is 0 Å². The van der Waals surface area contributed by atoms with Gasteiger partial charge in [-0.2, -0.15) is 17.5 Å². The molecule has 6 nitrogen and oxygen atoms in total. The molecule has 0 unspecified atom stereocenters. The maximum atomic E-state index is 12.5. The largest absolute Gasteiger partial charge is 0.452 e. The van der Waals surface area contributed by atoms with Crippen molar-refractivity contribution in [3.05, 3.63) is 28.8 Å². The van der Waals surface area contributed by atoms with Crippen molar-refractivity contribution >= 4 is 39.4 Å². The first-order valence-corrected chi connectivity index (χ1v) is 8.04. The van der Waals surface area contributed by atoms with Gasteiger partial charge >= 0.3 is 18.1 Å². The fourth-order valence-corrected chi connectivity index (χ4v) is 3.14. The number of pyridine rings is 1. The number of hydrogen-bond donors (Lipinski definition) is 0. The molecule has 0 aliphatic rings. The number of hydrogen-bond acceptors (Lipinski definition) is 6. The predicted octanol–water partition coefficient (Wildman–Crippen LogP) is 2.75. The number of aryl methyl sites for hydroxylation is 1. The van der Waals surface area contributed by atoms with Gasteiger partial charge in [0, 0.05) is 18.6 Å². The highest BCUT2D eigenvalue weighted by atomic mass is 79.9. The third-order valence-electron chi connectivity index (χ3n) is 2.71. The molecule has 0 saturated heterocycles. The summed E-state index contributed by atoms with van der Waals surface area (Å²) in [6, 6.07) is 1.56. The number of carbonyl (C=O) groups is 2. The molecule has 128 valence electrons. The van der Waals surface area contributed by atoms with Crippen LogP contribution in [0.3, 0.4) is 0 Å². The monoisotopic (exact) mass is 424 g/mol. The maximum absolute atomic E-state index is 12.5. The highest BCUT2D eigenvalue weighted by Gasteiger charge is 2.36. The Kier molecular flexibility index (Phi) is 5.65. The number of rotatable bonds is 4. The third kappa shape index (κ3) is 4.81. The van der Waals surface area contributed by atoms with Gasteiger partial charge < -0.3 is 4.74 Å². The van der Waals surface area contributed by atoms with Gasteiger partial charge in [-0.1, -0.05) is 0 Å². The van der Waals surface area contributed by atoms with Gasteiger partial charge in [-0.3, -0.25) is 9.59 Å². The van der Waals surface area contributed by atoms with E-state index in [1.807, 2.05) is 0 Å². The van der Waals surface area contributed by atoms with E-state index >= 15 is 0 Å². The molecular weight excluding hydrogens is 415 g/mol. The molecule has 0 spiro atoms. The molecule has 0 saturated carbocycles. The summed E-state index contributed by atoms with van der Waals surface area (Å²) in [7, 11) is 0. The van der Waals surface area contributed by atoms with Crippen LogP contribution in [-0.4, -0.2) is 21.3 Å². The SMILES string of the molecule is CC(=O)OC(=O)CC[n+]1ccc(-c2nc(C(F)(F)F)ns2)c(Br)c1. The first kappa shape index (κ1) is 18.5. The van der Waals surface area contributed by atoms with E-state index in [0.717, 1.165) is 6.92 Å². The van der Waals surface area contributed by atoms with Crippen molar-refractivity contribution in [1.82, 2.24) is 9.36 Å². The molecule has 0 amide bonds. The number of carbonyl (C=O) groups excluding carboxylic acids is 2. The second kappa shape index (κ2) is 7.34. The van der Waals surface area contributed by atoms with E-state index in [2.05, 4.69) is 30.0 Å². The zero-order chi connectivity index (χ0) is 17.9. The van der Waals surface area contributed by atoms with Crippen LogP contribution in [-0.2, 0) is 27.0 Å². The lowest BCUT2D eigenvalue weighted by molar-refractivity contribution is -0.696. The van der Waals surface area contributed by atoms with Gasteiger partial charge in [0.2, 0.25) is 5.82 Å². The summed E-state index contributed by atoms with van der Waals surface area (Å²) >= 11 is 3.90. The Hall–Kier alpha value is -1.88. The average Bonchev–Trinajstić information content (AvgIpc) is 2.94. The Bertz CT molecular complexity index is 779. The van der Waals surface area contributed by atoms with Crippen LogP contribution in [0.4, 0.5) is 13.2 Å². The molecule has 0 bridgehead atoms.